The van der Waals surface area contributed by atoms with Crippen LogP contribution in [0.1, 0.15) is 56.2 Å². The molecule has 2 aromatic carbocycles. The number of ether oxygens (including phenoxy) is 2. The first-order valence-electron chi connectivity index (χ1n) is 13.4. The van der Waals surface area contributed by atoms with Gasteiger partial charge in [-0.1, -0.05) is 60.7 Å². The number of rotatable bonds is 13. The average Bonchev–Trinajstić information content (AvgIpc) is 3.42. The van der Waals surface area contributed by atoms with Gasteiger partial charge in [0.15, 0.2) is 5.82 Å². The van der Waals surface area contributed by atoms with Crippen molar-refractivity contribution in [3.05, 3.63) is 83.9 Å². The van der Waals surface area contributed by atoms with Gasteiger partial charge in [0.2, 0.25) is 5.91 Å². The number of esters is 1. The summed E-state index contributed by atoms with van der Waals surface area (Å²) in [7, 11) is 1.30. The fraction of sp³-hybridized carbons (Fsp3) is 0.433. The highest BCUT2D eigenvalue weighted by Crippen LogP contribution is 2.24. The minimum Gasteiger partial charge on any atom is -0.467 e. The molecule has 2 amide bonds. The van der Waals surface area contributed by atoms with Crippen LogP contribution in [0.5, 0.6) is 0 Å². The zero-order chi connectivity index (χ0) is 29.8. The number of aromatic nitrogens is 3. The Hall–Kier alpha value is -3.86. The van der Waals surface area contributed by atoms with Crippen LogP contribution < -0.4 is 10.6 Å². The summed E-state index contributed by atoms with van der Waals surface area (Å²) in [5.74, 6) is 0.157. The Kier molecular flexibility index (Phi) is 11.8. The third-order valence-electron chi connectivity index (χ3n) is 6.20. The molecule has 2 N–H and O–H groups in total. The van der Waals surface area contributed by atoms with Crippen LogP contribution in [0.3, 0.4) is 0 Å². The third-order valence-corrected chi connectivity index (χ3v) is 6.85. The maximum absolute atomic E-state index is 13.8. The van der Waals surface area contributed by atoms with E-state index in [9.17, 15) is 14.4 Å². The number of hydrogen-bond acceptors (Lipinski definition) is 8. The molecular formula is C30H39N5O5S. The molecule has 0 saturated heterocycles. The number of benzene rings is 2. The van der Waals surface area contributed by atoms with Gasteiger partial charge in [0.1, 0.15) is 24.0 Å². The number of carbonyl (C=O) groups excluding carboxylic acids is 3. The molecule has 11 heteroatoms. The maximum atomic E-state index is 13.8. The van der Waals surface area contributed by atoms with Gasteiger partial charge in [0, 0.05) is 12.8 Å². The summed E-state index contributed by atoms with van der Waals surface area (Å²) in [6, 6.07) is 16.8. The second kappa shape index (κ2) is 15.2. The van der Waals surface area contributed by atoms with E-state index in [1.807, 2.05) is 66.9 Å². The number of amides is 2. The highest BCUT2D eigenvalue weighted by molar-refractivity contribution is 7.98. The zero-order valence-corrected chi connectivity index (χ0v) is 25.0. The summed E-state index contributed by atoms with van der Waals surface area (Å²) in [4.78, 5) is 39.3. The number of nitrogens with one attached hydrogen (secondary N) is 2. The summed E-state index contributed by atoms with van der Waals surface area (Å²) >= 11 is 1.60. The second-order valence-corrected chi connectivity index (χ2v) is 11.5. The summed E-state index contributed by atoms with van der Waals surface area (Å²) < 4.78 is 12.2. The monoisotopic (exact) mass is 581 g/mol. The molecule has 1 heterocycles. The lowest BCUT2D eigenvalue weighted by atomic mass is 10.0. The standard InChI is InChI=1S/C30H39N5O5S/c1-30(2,3)40-29(38)33-23(18-21-12-8-6-9-13-21)26-34-31-20-35(26)25(16-17-41-5)27(36)32-24(28(37)39-4)19-22-14-10-7-11-15-22/h6-15,20,23-25H,16-19H2,1-5H3,(H,32,36)(H,33,38)/t23-,24-,25-/m0/s1. The molecule has 3 atom stereocenters. The van der Waals surface area contributed by atoms with Crippen molar-refractivity contribution in [1.29, 1.82) is 0 Å². The van der Waals surface area contributed by atoms with Crippen molar-refractivity contribution in [2.75, 3.05) is 19.1 Å². The van der Waals surface area contributed by atoms with Gasteiger partial charge in [-0.2, -0.15) is 11.8 Å². The van der Waals surface area contributed by atoms with Gasteiger partial charge in [0.25, 0.3) is 0 Å². The van der Waals surface area contributed by atoms with Crippen LogP contribution in [0.2, 0.25) is 0 Å². The Balaban J connectivity index is 1.93. The minimum absolute atomic E-state index is 0.278. The van der Waals surface area contributed by atoms with E-state index in [0.29, 0.717) is 24.4 Å². The van der Waals surface area contributed by atoms with Crippen molar-refractivity contribution in [2.45, 2.75) is 63.8 Å². The molecule has 220 valence electrons. The molecule has 0 saturated carbocycles. The normalized spacial score (nSPS) is 13.5. The molecule has 0 bridgehead atoms. The fourth-order valence-electron chi connectivity index (χ4n) is 4.33. The van der Waals surface area contributed by atoms with Crippen LogP contribution in [-0.4, -0.2) is 63.5 Å². The molecule has 3 rings (SSSR count). The lowest BCUT2D eigenvalue weighted by Gasteiger charge is -2.26. The number of alkyl carbamates (subject to hydrolysis) is 1. The van der Waals surface area contributed by atoms with E-state index in [-0.39, 0.29) is 12.3 Å². The Morgan fingerprint density at radius 1 is 0.951 bits per heavy atom. The van der Waals surface area contributed by atoms with Crippen LogP contribution in [0.4, 0.5) is 4.79 Å². The van der Waals surface area contributed by atoms with Crippen LogP contribution in [0.15, 0.2) is 67.0 Å². The molecule has 0 fully saturated rings. The van der Waals surface area contributed by atoms with Crippen molar-refractivity contribution < 1.29 is 23.9 Å². The number of methoxy groups -OCH3 is 1. The highest BCUT2D eigenvalue weighted by atomic mass is 32.2. The van der Waals surface area contributed by atoms with Crippen LogP contribution in [0, 0.1) is 0 Å². The summed E-state index contributed by atoms with van der Waals surface area (Å²) in [5, 5.41) is 14.3. The molecule has 1 aromatic heterocycles. The number of thioether (sulfide) groups is 1. The molecule has 3 aromatic rings. The Labute approximate surface area is 245 Å². The maximum Gasteiger partial charge on any atom is 0.408 e. The Morgan fingerprint density at radius 3 is 2.12 bits per heavy atom. The van der Waals surface area contributed by atoms with Crippen molar-refractivity contribution >= 4 is 29.7 Å². The predicted octanol–water partition coefficient (Wildman–Crippen LogP) is 4.28. The van der Waals surface area contributed by atoms with E-state index < -0.39 is 35.8 Å². The number of nitrogens with zero attached hydrogens (tertiary/aromatic N) is 3. The minimum atomic E-state index is -0.883. The van der Waals surface area contributed by atoms with E-state index in [1.54, 1.807) is 37.1 Å². The lowest BCUT2D eigenvalue weighted by Crippen LogP contribution is -2.46. The van der Waals surface area contributed by atoms with Gasteiger partial charge in [-0.25, -0.2) is 9.59 Å². The van der Waals surface area contributed by atoms with Crippen LogP contribution >= 0.6 is 11.8 Å². The molecule has 0 spiro atoms. The molecule has 0 aliphatic heterocycles. The zero-order valence-electron chi connectivity index (χ0n) is 24.2. The molecule has 0 unspecified atom stereocenters. The van der Waals surface area contributed by atoms with Crippen molar-refractivity contribution in [3.63, 3.8) is 0 Å². The van der Waals surface area contributed by atoms with Gasteiger partial charge >= 0.3 is 12.1 Å². The third kappa shape index (κ3) is 9.93. The summed E-state index contributed by atoms with van der Waals surface area (Å²) in [6.07, 6.45) is 3.96. The van der Waals surface area contributed by atoms with Gasteiger partial charge in [-0.15, -0.1) is 10.2 Å². The molecule has 0 aliphatic carbocycles. The van der Waals surface area contributed by atoms with E-state index in [0.717, 1.165) is 11.1 Å². The fourth-order valence-corrected chi connectivity index (χ4v) is 4.79. The van der Waals surface area contributed by atoms with E-state index in [1.165, 1.54) is 13.4 Å². The van der Waals surface area contributed by atoms with E-state index >= 15 is 0 Å². The number of carbonyl (C=O) groups is 3. The average molecular weight is 582 g/mol. The molecule has 10 nitrogen and oxygen atoms in total. The summed E-state index contributed by atoms with van der Waals surface area (Å²) in [6.45, 7) is 5.37. The van der Waals surface area contributed by atoms with Crippen molar-refractivity contribution in [3.8, 4) is 0 Å². The Bertz CT molecular complexity index is 1260. The topological polar surface area (TPSA) is 124 Å². The first kappa shape index (κ1) is 31.7. The molecular weight excluding hydrogens is 542 g/mol. The lowest BCUT2D eigenvalue weighted by molar-refractivity contribution is -0.145. The second-order valence-electron chi connectivity index (χ2n) is 10.6. The van der Waals surface area contributed by atoms with Gasteiger partial charge in [-0.05, 0) is 50.3 Å². The quantitative estimate of drug-likeness (QED) is 0.287. The van der Waals surface area contributed by atoms with Crippen molar-refractivity contribution in [2.24, 2.45) is 0 Å². The molecule has 0 radical (unpaired) electrons. The molecule has 0 aliphatic rings. The highest BCUT2D eigenvalue weighted by Gasteiger charge is 2.32. The molecule has 41 heavy (non-hydrogen) atoms. The predicted molar refractivity (Wildman–Crippen MR) is 158 cm³/mol. The first-order chi connectivity index (χ1) is 19.6. The number of hydrogen-bond donors (Lipinski definition) is 2. The largest absolute Gasteiger partial charge is 0.467 e. The van der Waals surface area contributed by atoms with Crippen molar-refractivity contribution in [1.82, 2.24) is 25.4 Å². The van der Waals surface area contributed by atoms with E-state index in [2.05, 4.69) is 20.8 Å². The smallest absolute Gasteiger partial charge is 0.408 e. The SMILES string of the molecule is COC(=O)[C@H](Cc1ccccc1)NC(=O)[C@H](CCSC)n1cnnc1[C@H](Cc1ccccc1)NC(=O)OC(C)(C)C. The van der Waals surface area contributed by atoms with Crippen LogP contribution in [-0.2, 0) is 31.9 Å². The van der Waals surface area contributed by atoms with Gasteiger partial charge in [-0.3, -0.25) is 4.79 Å². The van der Waals surface area contributed by atoms with Gasteiger partial charge in [0.05, 0.1) is 13.2 Å². The van der Waals surface area contributed by atoms with Gasteiger partial charge < -0.3 is 24.7 Å². The first-order valence-corrected chi connectivity index (χ1v) is 14.8. The Morgan fingerprint density at radius 2 is 1.56 bits per heavy atom. The summed E-state index contributed by atoms with van der Waals surface area (Å²) in [5.41, 5.74) is 1.15. The van der Waals surface area contributed by atoms with Crippen LogP contribution in [0.25, 0.3) is 0 Å². The van der Waals surface area contributed by atoms with E-state index in [4.69, 9.17) is 9.47 Å².